The molecule has 1 aliphatic carbocycles. The molecule has 0 bridgehead atoms. The van der Waals surface area contributed by atoms with Crippen LogP contribution in [0.2, 0.25) is 0 Å². The van der Waals surface area contributed by atoms with Crippen molar-refractivity contribution in [1.29, 1.82) is 0 Å². The van der Waals surface area contributed by atoms with Gasteiger partial charge in [0.1, 0.15) is 5.72 Å². The zero-order chi connectivity index (χ0) is 25.5. The van der Waals surface area contributed by atoms with E-state index in [2.05, 4.69) is 29.0 Å². The largest absolute Gasteiger partial charge is 0.416 e. The predicted octanol–water partition coefficient (Wildman–Crippen LogP) is 5.05. The van der Waals surface area contributed by atoms with Crippen molar-refractivity contribution >= 4 is 5.91 Å². The van der Waals surface area contributed by atoms with Crippen LogP contribution in [0.15, 0.2) is 24.3 Å². The topological polar surface area (TPSA) is 44.8 Å². The molecule has 36 heavy (non-hydrogen) atoms. The molecule has 0 radical (unpaired) electrons. The van der Waals surface area contributed by atoms with Gasteiger partial charge in [-0.15, -0.1) is 0 Å². The van der Waals surface area contributed by atoms with Gasteiger partial charge >= 0.3 is 6.18 Å². The Labute approximate surface area is 212 Å². The molecule has 5 rings (SSSR count). The molecule has 3 saturated heterocycles. The lowest BCUT2D eigenvalue weighted by molar-refractivity contribution is -0.192. The van der Waals surface area contributed by atoms with E-state index in [9.17, 15) is 18.0 Å². The van der Waals surface area contributed by atoms with Crippen LogP contribution >= 0.6 is 0 Å². The van der Waals surface area contributed by atoms with E-state index in [-0.39, 0.29) is 11.9 Å². The van der Waals surface area contributed by atoms with Crippen LogP contribution in [-0.4, -0.2) is 59.8 Å². The van der Waals surface area contributed by atoms with Crippen molar-refractivity contribution in [2.45, 2.75) is 89.3 Å². The third-order valence-corrected chi connectivity index (χ3v) is 9.09. The Morgan fingerprint density at radius 2 is 1.97 bits per heavy atom. The number of nitrogens with one attached hydrogen (secondary N) is 1. The van der Waals surface area contributed by atoms with E-state index in [1.54, 1.807) is 12.1 Å². The summed E-state index contributed by atoms with van der Waals surface area (Å²) in [5.41, 5.74) is -0.142. The normalized spacial score (nSPS) is 33.2. The van der Waals surface area contributed by atoms with Gasteiger partial charge in [-0.2, -0.15) is 13.2 Å². The Morgan fingerprint density at radius 1 is 1.19 bits per heavy atom. The highest BCUT2D eigenvalue weighted by Gasteiger charge is 2.59. The van der Waals surface area contributed by atoms with Crippen molar-refractivity contribution in [1.82, 2.24) is 15.1 Å². The minimum atomic E-state index is -4.32. The van der Waals surface area contributed by atoms with Crippen molar-refractivity contribution in [2.75, 3.05) is 26.2 Å². The fourth-order valence-electron chi connectivity index (χ4n) is 7.14. The van der Waals surface area contributed by atoms with Gasteiger partial charge in [0.15, 0.2) is 0 Å². The number of carbonyl (C=O) groups excluding carboxylic acids is 1. The number of alkyl halides is 3. The molecule has 1 amide bonds. The number of amides is 1. The predicted molar refractivity (Wildman–Crippen MR) is 132 cm³/mol. The number of benzene rings is 1. The van der Waals surface area contributed by atoms with Gasteiger partial charge in [-0.3, -0.25) is 9.69 Å². The molecule has 4 aliphatic rings. The van der Waals surface area contributed by atoms with Crippen molar-refractivity contribution in [3.8, 4) is 0 Å². The summed E-state index contributed by atoms with van der Waals surface area (Å²) in [5, 5.41) is 3.51. The standard InChI is InChI=1S/C28H40F3N3O2/c1-19(2)25-18-36-27-12-11-24(14-23(27)9-10-26(35)34(25)27)33(17-21-4-3-13-32-15-21)16-20-5-7-22(8-6-20)28(29,30)31/h5-8,19,21,23-25,32H,3-4,9-18H2,1-2H3/t21?,23-,24+,25-,27-/m1/s1. The first-order valence-electron chi connectivity index (χ1n) is 13.7. The number of rotatable bonds is 6. The second-order valence-electron chi connectivity index (χ2n) is 11.7. The van der Waals surface area contributed by atoms with Crippen molar-refractivity contribution in [3.05, 3.63) is 35.4 Å². The molecule has 1 unspecified atom stereocenters. The first-order chi connectivity index (χ1) is 17.2. The van der Waals surface area contributed by atoms with E-state index in [1.165, 1.54) is 18.6 Å². The maximum Gasteiger partial charge on any atom is 0.416 e. The fraction of sp³-hybridized carbons (Fsp3) is 0.750. The molecule has 200 valence electrons. The minimum absolute atomic E-state index is 0.147. The summed E-state index contributed by atoms with van der Waals surface area (Å²) in [6.45, 7) is 8.59. The summed E-state index contributed by atoms with van der Waals surface area (Å²) < 4.78 is 45.8. The molecule has 8 heteroatoms. The Balaban J connectivity index is 1.34. The number of carbonyl (C=O) groups is 1. The summed E-state index contributed by atoms with van der Waals surface area (Å²) in [5.74, 6) is 1.44. The third kappa shape index (κ3) is 5.05. The molecular formula is C28H40F3N3O2. The third-order valence-electron chi connectivity index (χ3n) is 9.09. The summed E-state index contributed by atoms with van der Waals surface area (Å²) >= 11 is 0. The van der Waals surface area contributed by atoms with Crippen LogP contribution in [0.3, 0.4) is 0 Å². The van der Waals surface area contributed by atoms with Crippen LogP contribution in [0.5, 0.6) is 0 Å². The van der Waals surface area contributed by atoms with Crippen molar-refractivity contribution in [2.24, 2.45) is 17.8 Å². The number of nitrogens with zero attached hydrogens (tertiary/aromatic N) is 2. The molecule has 5 atom stereocenters. The second kappa shape index (κ2) is 10.3. The number of hydrogen-bond acceptors (Lipinski definition) is 4. The molecule has 1 aromatic rings. The second-order valence-corrected chi connectivity index (χ2v) is 11.7. The highest BCUT2D eigenvalue weighted by Crippen LogP contribution is 2.51. The molecule has 3 aliphatic heterocycles. The van der Waals surface area contributed by atoms with Crippen molar-refractivity contribution < 1.29 is 22.7 Å². The van der Waals surface area contributed by atoms with Gasteiger partial charge in [-0.25, -0.2) is 0 Å². The molecule has 1 N–H and O–H groups in total. The quantitative estimate of drug-likeness (QED) is 0.586. The van der Waals surface area contributed by atoms with Gasteiger partial charge in [0.2, 0.25) is 5.91 Å². The highest BCUT2D eigenvalue weighted by molar-refractivity contribution is 5.78. The first kappa shape index (κ1) is 26.0. The van der Waals surface area contributed by atoms with Gasteiger partial charge < -0.3 is 15.0 Å². The lowest BCUT2D eigenvalue weighted by atomic mass is 9.72. The van der Waals surface area contributed by atoms with Crippen molar-refractivity contribution in [3.63, 3.8) is 0 Å². The molecule has 3 heterocycles. The number of ether oxygens (including phenoxy) is 1. The van der Waals surface area contributed by atoms with Crippen LogP contribution in [0, 0.1) is 17.8 Å². The molecule has 1 spiro atoms. The molecule has 1 saturated carbocycles. The van der Waals surface area contributed by atoms with Crippen LogP contribution in [0.4, 0.5) is 13.2 Å². The average Bonchev–Trinajstić information content (AvgIpc) is 3.25. The molecule has 0 aromatic heterocycles. The lowest BCUT2D eigenvalue weighted by Gasteiger charge is -2.54. The van der Waals surface area contributed by atoms with Crippen LogP contribution < -0.4 is 5.32 Å². The highest BCUT2D eigenvalue weighted by atomic mass is 19.4. The van der Waals surface area contributed by atoms with E-state index in [4.69, 9.17) is 4.74 Å². The SMILES string of the molecule is CC(C)[C@H]1CO[C@]23CC[C@H](N(Cc4ccc(C(F)(F)F)cc4)CC4CCCNC4)C[C@H]2CCC(=O)N13. The summed E-state index contributed by atoms with van der Waals surface area (Å²) in [6, 6.07) is 6.15. The lowest BCUT2D eigenvalue weighted by Crippen LogP contribution is -2.63. The van der Waals surface area contributed by atoms with Crippen LogP contribution in [0.25, 0.3) is 0 Å². The zero-order valence-corrected chi connectivity index (χ0v) is 21.5. The maximum atomic E-state index is 13.1. The maximum absolute atomic E-state index is 13.1. The fourth-order valence-corrected chi connectivity index (χ4v) is 7.14. The summed E-state index contributed by atoms with van der Waals surface area (Å²) in [4.78, 5) is 17.6. The summed E-state index contributed by atoms with van der Waals surface area (Å²) in [7, 11) is 0. The smallest absolute Gasteiger partial charge is 0.353 e. The van der Waals surface area contributed by atoms with Crippen LogP contribution in [-0.2, 0) is 22.3 Å². The Hall–Kier alpha value is -1.64. The molecule has 1 aromatic carbocycles. The van der Waals surface area contributed by atoms with Gasteiger partial charge in [0, 0.05) is 31.5 Å². The zero-order valence-electron chi connectivity index (χ0n) is 21.5. The minimum Gasteiger partial charge on any atom is -0.353 e. The van der Waals surface area contributed by atoms with Gasteiger partial charge in [0.25, 0.3) is 0 Å². The van der Waals surface area contributed by atoms with E-state index < -0.39 is 17.5 Å². The molecule has 5 nitrogen and oxygen atoms in total. The number of piperidine rings is 2. The molecular weight excluding hydrogens is 467 g/mol. The van der Waals surface area contributed by atoms with E-state index in [0.29, 0.717) is 43.4 Å². The molecule has 4 fully saturated rings. The van der Waals surface area contributed by atoms with Gasteiger partial charge in [-0.1, -0.05) is 26.0 Å². The number of halogens is 3. The van der Waals surface area contributed by atoms with E-state index in [0.717, 1.165) is 57.3 Å². The summed E-state index contributed by atoms with van der Waals surface area (Å²) in [6.07, 6.45) is 2.20. The van der Waals surface area contributed by atoms with Gasteiger partial charge in [0.05, 0.1) is 18.2 Å². The van der Waals surface area contributed by atoms with E-state index >= 15 is 0 Å². The van der Waals surface area contributed by atoms with Crippen LogP contribution in [0.1, 0.15) is 69.9 Å². The average molecular weight is 508 g/mol. The van der Waals surface area contributed by atoms with E-state index in [1.807, 2.05) is 0 Å². The monoisotopic (exact) mass is 507 g/mol. The van der Waals surface area contributed by atoms with Gasteiger partial charge in [-0.05, 0) is 81.1 Å². The number of hydrogen-bond donors (Lipinski definition) is 1. The Kier molecular flexibility index (Phi) is 7.40. The first-order valence-corrected chi connectivity index (χ1v) is 13.7. The Morgan fingerprint density at radius 3 is 2.64 bits per heavy atom. The Bertz CT molecular complexity index is 916.